The summed E-state index contributed by atoms with van der Waals surface area (Å²) in [4.78, 5) is 4.02. The van der Waals surface area contributed by atoms with Crippen molar-refractivity contribution in [2.24, 2.45) is 0 Å². The first-order valence-electron chi connectivity index (χ1n) is 3.88. The van der Waals surface area contributed by atoms with E-state index in [4.69, 9.17) is 5.73 Å². The second kappa shape index (κ2) is 4.23. The van der Waals surface area contributed by atoms with Crippen molar-refractivity contribution in [3.8, 4) is 0 Å². The topological polar surface area (TPSA) is 38.9 Å². The van der Waals surface area contributed by atoms with E-state index in [0.29, 0.717) is 5.82 Å². The molecule has 3 heteroatoms. The van der Waals surface area contributed by atoms with Gasteiger partial charge in [0.25, 0.3) is 0 Å². The highest BCUT2D eigenvalue weighted by molar-refractivity contribution is 9.10. The van der Waals surface area contributed by atoms with Gasteiger partial charge in [0.1, 0.15) is 5.82 Å². The van der Waals surface area contributed by atoms with Gasteiger partial charge in [-0.05, 0) is 34.5 Å². The minimum Gasteiger partial charge on any atom is -0.383 e. The monoisotopic (exact) mass is 238 g/mol. The molecule has 0 radical (unpaired) electrons. The maximum atomic E-state index is 5.69. The van der Waals surface area contributed by atoms with Crippen molar-refractivity contribution in [3.05, 3.63) is 41.0 Å². The zero-order valence-electron chi connectivity index (χ0n) is 7.42. The van der Waals surface area contributed by atoms with Crippen LogP contribution in [-0.4, -0.2) is 4.98 Å². The van der Waals surface area contributed by atoms with Crippen LogP contribution >= 0.6 is 15.9 Å². The lowest BCUT2D eigenvalue weighted by molar-refractivity contribution is 1.30. The second-order valence-electron chi connectivity index (χ2n) is 2.61. The van der Waals surface area contributed by atoms with Gasteiger partial charge in [-0.1, -0.05) is 18.7 Å². The largest absolute Gasteiger partial charge is 0.383 e. The SMILES string of the molecule is C=C(C=CC)c1cc(Br)cnc1N. The lowest BCUT2D eigenvalue weighted by Crippen LogP contribution is -1.95. The number of pyridine rings is 1. The second-order valence-corrected chi connectivity index (χ2v) is 3.53. The fourth-order valence-electron chi connectivity index (χ4n) is 0.998. The van der Waals surface area contributed by atoms with E-state index in [1.807, 2.05) is 25.1 Å². The van der Waals surface area contributed by atoms with Gasteiger partial charge in [0, 0.05) is 16.2 Å². The van der Waals surface area contributed by atoms with Crippen molar-refractivity contribution >= 4 is 27.3 Å². The first-order chi connectivity index (χ1) is 6.15. The Morgan fingerprint density at radius 3 is 3.00 bits per heavy atom. The predicted molar refractivity (Wildman–Crippen MR) is 60.2 cm³/mol. The Labute approximate surface area is 86.3 Å². The number of anilines is 1. The maximum Gasteiger partial charge on any atom is 0.131 e. The fraction of sp³-hybridized carbons (Fsp3) is 0.100. The lowest BCUT2D eigenvalue weighted by atomic mass is 10.1. The molecule has 1 heterocycles. The molecule has 0 aliphatic carbocycles. The minimum atomic E-state index is 0.506. The quantitative estimate of drug-likeness (QED) is 0.805. The highest BCUT2D eigenvalue weighted by atomic mass is 79.9. The number of aromatic nitrogens is 1. The summed E-state index contributed by atoms with van der Waals surface area (Å²) < 4.78 is 0.905. The number of hydrogen-bond acceptors (Lipinski definition) is 2. The zero-order valence-corrected chi connectivity index (χ0v) is 9.01. The molecule has 0 fully saturated rings. The van der Waals surface area contributed by atoms with Crippen LogP contribution in [0.1, 0.15) is 12.5 Å². The van der Waals surface area contributed by atoms with Crippen LogP contribution in [0.3, 0.4) is 0 Å². The van der Waals surface area contributed by atoms with E-state index in [9.17, 15) is 0 Å². The number of hydrogen-bond donors (Lipinski definition) is 1. The van der Waals surface area contributed by atoms with Crippen molar-refractivity contribution in [3.63, 3.8) is 0 Å². The summed E-state index contributed by atoms with van der Waals surface area (Å²) in [5, 5.41) is 0. The van der Waals surface area contributed by atoms with Crippen molar-refractivity contribution in [2.75, 3.05) is 5.73 Å². The van der Waals surface area contributed by atoms with Gasteiger partial charge >= 0.3 is 0 Å². The molecule has 2 nitrogen and oxygen atoms in total. The number of rotatable bonds is 2. The molecule has 0 amide bonds. The molecular weight excluding hydrogens is 228 g/mol. The highest BCUT2D eigenvalue weighted by Crippen LogP contribution is 2.22. The molecule has 0 bridgehead atoms. The molecule has 0 saturated heterocycles. The lowest BCUT2D eigenvalue weighted by Gasteiger charge is -2.04. The van der Waals surface area contributed by atoms with Crippen LogP contribution in [0.4, 0.5) is 5.82 Å². The number of allylic oxidation sites excluding steroid dienone is 3. The van der Waals surface area contributed by atoms with Crippen LogP contribution in [0.2, 0.25) is 0 Å². The predicted octanol–water partition coefficient (Wildman–Crippen LogP) is 3.02. The van der Waals surface area contributed by atoms with Gasteiger partial charge in [-0.2, -0.15) is 0 Å². The first-order valence-corrected chi connectivity index (χ1v) is 4.67. The highest BCUT2D eigenvalue weighted by Gasteiger charge is 2.02. The molecule has 1 aromatic rings. The number of halogens is 1. The van der Waals surface area contributed by atoms with E-state index < -0.39 is 0 Å². The van der Waals surface area contributed by atoms with Gasteiger partial charge in [0.15, 0.2) is 0 Å². The fourth-order valence-corrected chi connectivity index (χ4v) is 1.33. The Balaban J connectivity index is 3.13. The molecular formula is C10H11BrN2. The van der Waals surface area contributed by atoms with E-state index in [1.54, 1.807) is 6.20 Å². The van der Waals surface area contributed by atoms with Crippen molar-refractivity contribution < 1.29 is 0 Å². The van der Waals surface area contributed by atoms with Crippen LogP contribution in [0, 0.1) is 0 Å². The van der Waals surface area contributed by atoms with E-state index >= 15 is 0 Å². The van der Waals surface area contributed by atoms with Crippen LogP contribution in [0.15, 0.2) is 35.5 Å². The van der Waals surface area contributed by atoms with Crippen molar-refractivity contribution in [1.29, 1.82) is 0 Å². The molecule has 0 atom stereocenters. The molecule has 0 saturated carbocycles. The summed E-state index contributed by atoms with van der Waals surface area (Å²) >= 11 is 3.33. The van der Waals surface area contributed by atoms with Crippen molar-refractivity contribution in [1.82, 2.24) is 4.98 Å². The van der Waals surface area contributed by atoms with Gasteiger partial charge < -0.3 is 5.73 Å². The standard InChI is InChI=1S/C10H11BrN2/c1-3-4-7(2)9-5-8(11)6-13-10(9)12/h3-6H,2H2,1H3,(H2,12,13). The Morgan fingerprint density at radius 1 is 1.69 bits per heavy atom. The van der Waals surface area contributed by atoms with Crippen LogP contribution in [-0.2, 0) is 0 Å². The average Bonchev–Trinajstić information content (AvgIpc) is 2.09. The smallest absolute Gasteiger partial charge is 0.131 e. The molecule has 1 aromatic heterocycles. The summed E-state index contributed by atoms with van der Waals surface area (Å²) in [6, 6.07) is 1.91. The number of nitrogen functional groups attached to an aromatic ring is 1. The summed E-state index contributed by atoms with van der Waals surface area (Å²) in [7, 11) is 0. The number of nitrogens with two attached hydrogens (primary N) is 1. The van der Waals surface area contributed by atoms with Crippen LogP contribution < -0.4 is 5.73 Å². The molecule has 13 heavy (non-hydrogen) atoms. The molecule has 2 N–H and O–H groups in total. The molecule has 0 spiro atoms. The molecule has 0 aliphatic rings. The summed E-state index contributed by atoms with van der Waals surface area (Å²) in [5.74, 6) is 0.506. The Bertz CT molecular complexity index is 356. The summed E-state index contributed by atoms with van der Waals surface area (Å²) in [6.45, 7) is 5.83. The van der Waals surface area contributed by atoms with Gasteiger partial charge in [-0.15, -0.1) is 0 Å². The Morgan fingerprint density at radius 2 is 2.38 bits per heavy atom. The van der Waals surface area contributed by atoms with E-state index in [-0.39, 0.29) is 0 Å². The first kappa shape index (κ1) is 9.99. The Hall–Kier alpha value is -1.09. The Kier molecular flexibility index (Phi) is 3.25. The zero-order chi connectivity index (χ0) is 9.84. The van der Waals surface area contributed by atoms with Gasteiger partial charge in [0.05, 0.1) is 0 Å². The third kappa shape index (κ3) is 2.42. The van der Waals surface area contributed by atoms with Gasteiger partial charge in [-0.3, -0.25) is 0 Å². The number of nitrogens with zero attached hydrogens (tertiary/aromatic N) is 1. The third-order valence-electron chi connectivity index (χ3n) is 1.60. The molecule has 68 valence electrons. The van der Waals surface area contributed by atoms with E-state index in [1.165, 1.54) is 0 Å². The van der Waals surface area contributed by atoms with E-state index in [0.717, 1.165) is 15.6 Å². The average molecular weight is 239 g/mol. The van der Waals surface area contributed by atoms with Crippen LogP contribution in [0.25, 0.3) is 5.57 Å². The van der Waals surface area contributed by atoms with Crippen LogP contribution in [0.5, 0.6) is 0 Å². The van der Waals surface area contributed by atoms with Crippen molar-refractivity contribution in [2.45, 2.75) is 6.92 Å². The minimum absolute atomic E-state index is 0.506. The maximum absolute atomic E-state index is 5.69. The molecule has 0 aliphatic heterocycles. The normalized spacial score (nSPS) is 10.6. The van der Waals surface area contributed by atoms with Gasteiger partial charge in [-0.25, -0.2) is 4.98 Å². The molecule has 1 rings (SSSR count). The molecule has 0 aromatic carbocycles. The van der Waals surface area contributed by atoms with E-state index in [2.05, 4.69) is 27.5 Å². The summed E-state index contributed by atoms with van der Waals surface area (Å²) in [5.41, 5.74) is 7.43. The summed E-state index contributed by atoms with van der Waals surface area (Å²) in [6.07, 6.45) is 5.49. The third-order valence-corrected chi connectivity index (χ3v) is 2.03. The molecule has 0 unspecified atom stereocenters. The van der Waals surface area contributed by atoms with Gasteiger partial charge in [0.2, 0.25) is 0 Å².